The highest BCUT2D eigenvalue weighted by atomic mass is 35.5. The summed E-state index contributed by atoms with van der Waals surface area (Å²) in [6, 6.07) is 19.8. The molecule has 0 fully saturated rings. The maximum Gasteiger partial charge on any atom is 0.219 e. The van der Waals surface area contributed by atoms with Crippen LogP contribution in [-0.2, 0) is 48.6 Å². The summed E-state index contributed by atoms with van der Waals surface area (Å²) in [4.78, 5) is 43.3. The van der Waals surface area contributed by atoms with E-state index in [0.717, 1.165) is 67.6 Å². The quantitative estimate of drug-likeness (QED) is 0.171. The van der Waals surface area contributed by atoms with Crippen LogP contribution < -0.4 is 11.1 Å². The van der Waals surface area contributed by atoms with Gasteiger partial charge in [0.1, 0.15) is 11.6 Å². The van der Waals surface area contributed by atoms with Gasteiger partial charge in [-0.1, -0.05) is 66.5 Å². The minimum absolute atomic E-state index is 0. The third-order valence-corrected chi connectivity index (χ3v) is 11.0. The van der Waals surface area contributed by atoms with Crippen molar-refractivity contribution in [2.45, 2.75) is 60.3 Å². The first-order chi connectivity index (χ1) is 28.3. The Morgan fingerprint density at radius 3 is 1.73 bits per heavy atom. The van der Waals surface area contributed by atoms with Crippen LogP contribution in [0.4, 0.5) is 25.8 Å². The van der Waals surface area contributed by atoms with Crippen molar-refractivity contribution in [3.05, 3.63) is 156 Å². The Labute approximate surface area is 362 Å². The average molecular weight is 870 g/mol. The molecule has 0 spiro atoms. The van der Waals surface area contributed by atoms with Gasteiger partial charge < -0.3 is 20.9 Å². The van der Waals surface area contributed by atoms with Gasteiger partial charge >= 0.3 is 0 Å². The molecule has 308 valence electrons. The summed E-state index contributed by atoms with van der Waals surface area (Å²) >= 11 is 17.8. The Balaban J connectivity index is 0.000000190. The molecule has 0 unspecified atom stereocenters. The number of fused-ring (bicyclic) bond motifs is 4. The van der Waals surface area contributed by atoms with Crippen molar-refractivity contribution in [1.29, 1.82) is 0 Å². The number of anilines is 1. The van der Waals surface area contributed by atoms with Gasteiger partial charge in [0.2, 0.25) is 11.8 Å². The van der Waals surface area contributed by atoms with Crippen LogP contribution in [0.2, 0.25) is 15.1 Å². The second-order valence-electron chi connectivity index (χ2n) is 13.8. The summed E-state index contributed by atoms with van der Waals surface area (Å²) in [6.07, 6.45) is 1.39. The lowest BCUT2D eigenvalue weighted by Gasteiger charge is -2.30. The van der Waals surface area contributed by atoms with Crippen molar-refractivity contribution in [1.82, 2.24) is 19.8 Å². The summed E-state index contributed by atoms with van der Waals surface area (Å²) in [5.41, 5.74) is 14.2. The van der Waals surface area contributed by atoms with Crippen molar-refractivity contribution in [2.24, 2.45) is 5.73 Å². The lowest BCUT2D eigenvalue weighted by Crippen LogP contribution is -2.35. The zero-order valence-electron chi connectivity index (χ0n) is 32.1. The van der Waals surface area contributed by atoms with Crippen LogP contribution in [-0.4, -0.2) is 44.7 Å². The van der Waals surface area contributed by atoms with Gasteiger partial charge in [-0.25, -0.2) is 18.5 Å². The molecule has 4 heterocycles. The Kier molecular flexibility index (Phi) is 15.0. The summed E-state index contributed by atoms with van der Waals surface area (Å²) < 4.78 is 25.9. The van der Waals surface area contributed by atoms with Crippen LogP contribution in [0.1, 0.15) is 54.9 Å². The molecule has 2 aliphatic rings. The van der Waals surface area contributed by atoms with Gasteiger partial charge in [-0.05, 0) is 59.7 Å². The van der Waals surface area contributed by atoms with Gasteiger partial charge in [0.15, 0.2) is 11.4 Å². The van der Waals surface area contributed by atoms with Crippen molar-refractivity contribution in [3.8, 4) is 0 Å². The predicted molar refractivity (Wildman–Crippen MR) is 235 cm³/mol. The van der Waals surface area contributed by atoms with E-state index in [9.17, 15) is 18.4 Å². The molecule has 0 bridgehead atoms. The van der Waals surface area contributed by atoms with E-state index in [1.165, 1.54) is 18.2 Å². The number of amides is 2. The number of halogens is 5. The molecular formula is C45H41Cl3F2N8O2. The van der Waals surface area contributed by atoms with Crippen molar-refractivity contribution < 1.29 is 18.4 Å². The van der Waals surface area contributed by atoms with E-state index in [1.54, 1.807) is 60.0 Å². The van der Waals surface area contributed by atoms with E-state index >= 15 is 0 Å². The lowest BCUT2D eigenvalue weighted by atomic mass is 9.99. The number of pyridine rings is 2. The largest absolute Gasteiger partial charge is 0.380 e. The standard InChI is InChI=1S/C22H18ClFN4O.C15H12ClN3O.C7H7ClFN.CH4/c1-13(29)28-8-7-21-17(12-28)22(16-10-15(25-2)4-6-20(16)27-21)26-11-14-3-5-19(24)18(23)9-14;1-9(20)19-6-5-14-12(8-19)15(16)11-7-10(17-2)3-4-13(11)18-14;8-6-3-5(4-10)1-2-7(6)9;/h3-6,9-10H,7-8,11-12H2,1H3,(H,26,27);3-4,7H,5-6,8H2,1H3;1-3H,4,10H2;1H4. The number of aromatic nitrogens is 2. The molecule has 0 atom stereocenters. The smallest absolute Gasteiger partial charge is 0.219 e. The van der Waals surface area contributed by atoms with Gasteiger partial charge in [0, 0.05) is 105 Å². The Morgan fingerprint density at radius 1 is 0.733 bits per heavy atom. The number of carbonyl (C=O) groups excluding carboxylic acids is 2. The fourth-order valence-electron chi connectivity index (χ4n) is 6.79. The molecule has 0 saturated carbocycles. The molecule has 2 aliphatic heterocycles. The molecule has 60 heavy (non-hydrogen) atoms. The summed E-state index contributed by atoms with van der Waals surface area (Å²) in [6.45, 7) is 20.6. The van der Waals surface area contributed by atoms with Gasteiger partial charge in [0.05, 0.1) is 39.2 Å². The van der Waals surface area contributed by atoms with Crippen LogP contribution in [0.3, 0.4) is 0 Å². The molecule has 3 N–H and O–H groups in total. The number of nitrogens with two attached hydrogens (primary N) is 1. The highest BCUT2D eigenvalue weighted by Crippen LogP contribution is 2.36. The lowest BCUT2D eigenvalue weighted by molar-refractivity contribution is -0.130. The molecule has 0 aliphatic carbocycles. The first-order valence-corrected chi connectivity index (χ1v) is 19.6. The first-order valence-electron chi connectivity index (χ1n) is 18.4. The van der Waals surface area contributed by atoms with Crippen molar-refractivity contribution in [3.63, 3.8) is 0 Å². The van der Waals surface area contributed by atoms with Crippen LogP contribution >= 0.6 is 34.8 Å². The average Bonchev–Trinajstić information content (AvgIpc) is 3.24. The fraction of sp³-hybridized carbons (Fsp3) is 0.244. The van der Waals surface area contributed by atoms with Gasteiger partial charge in [-0.2, -0.15) is 0 Å². The normalized spacial score (nSPS) is 12.6. The maximum absolute atomic E-state index is 13.5. The van der Waals surface area contributed by atoms with Crippen molar-refractivity contribution in [2.75, 3.05) is 18.4 Å². The molecule has 0 saturated heterocycles. The molecule has 2 aromatic heterocycles. The van der Waals surface area contributed by atoms with Gasteiger partial charge in [-0.15, -0.1) is 0 Å². The van der Waals surface area contributed by atoms with Crippen LogP contribution in [0.5, 0.6) is 0 Å². The number of nitrogens with zero attached hydrogens (tertiary/aromatic N) is 6. The van der Waals surface area contributed by atoms with Crippen molar-refractivity contribution >= 4 is 85.5 Å². The summed E-state index contributed by atoms with van der Waals surface area (Å²) in [5, 5.41) is 5.85. The topological polar surface area (TPSA) is 113 Å². The van der Waals surface area contributed by atoms with Gasteiger partial charge in [-0.3, -0.25) is 19.6 Å². The zero-order valence-corrected chi connectivity index (χ0v) is 34.3. The Morgan fingerprint density at radius 2 is 1.22 bits per heavy atom. The first kappa shape index (κ1) is 45.2. The Hall–Kier alpha value is -5.89. The van der Waals surface area contributed by atoms with E-state index in [0.29, 0.717) is 62.1 Å². The van der Waals surface area contributed by atoms with Crippen LogP contribution in [0.15, 0.2) is 72.8 Å². The fourth-order valence-corrected chi connectivity index (χ4v) is 7.52. The minimum Gasteiger partial charge on any atom is -0.380 e. The molecule has 0 radical (unpaired) electrons. The van der Waals surface area contributed by atoms with E-state index in [-0.39, 0.29) is 29.3 Å². The van der Waals surface area contributed by atoms with E-state index in [2.05, 4.69) is 20.0 Å². The highest BCUT2D eigenvalue weighted by Gasteiger charge is 2.25. The van der Waals surface area contributed by atoms with Crippen LogP contribution in [0, 0.1) is 24.8 Å². The SMILES string of the molecule is C.NCc1ccc(F)c(Cl)c1.[C-]#[N+]c1ccc2nc3c(c(Cl)c2c1)CN(C(C)=O)CC3.[C-]#[N+]c1ccc2nc3c(c(NCc4ccc(F)c(Cl)c4)c2c1)CN(C(C)=O)CC3. The number of hydrogen-bond acceptors (Lipinski definition) is 6. The number of nitrogens with one attached hydrogen (secondary N) is 1. The second-order valence-corrected chi connectivity index (χ2v) is 15.0. The number of benzene rings is 4. The highest BCUT2D eigenvalue weighted by molar-refractivity contribution is 6.36. The Bertz CT molecular complexity index is 2700. The maximum atomic E-state index is 13.5. The molecule has 2 amide bonds. The third kappa shape index (κ3) is 10.3. The molecule has 4 aromatic carbocycles. The molecular weight excluding hydrogens is 829 g/mol. The molecule has 10 nitrogen and oxygen atoms in total. The van der Waals surface area contributed by atoms with E-state index < -0.39 is 11.6 Å². The molecule has 8 rings (SSSR count). The minimum atomic E-state index is -0.457. The zero-order chi connectivity index (χ0) is 42.4. The number of hydrogen-bond donors (Lipinski definition) is 2. The monoisotopic (exact) mass is 868 g/mol. The number of rotatable bonds is 4. The predicted octanol–water partition coefficient (Wildman–Crippen LogP) is 11.0. The number of carbonyl (C=O) groups is 2. The molecule has 6 aromatic rings. The van der Waals surface area contributed by atoms with E-state index in [1.807, 2.05) is 18.2 Å². The molecule has 15 heteroatoms. The van der Waals surface area contributed by atoms with Gasteiger partial charge in [0.25, 0.3) is 0 Å². The third-order valence-electron chi connectivity index (χ3n) is 10.00. The summed E-state index contributed by atoms with van der Waals surface area (Å²) in [5.74, 6) is -0.802. The second kappa shape index (κ2) is 19.9. The summed E-state index contributed by atoms with van der Waals surface area (Å²) in [7, 11) is 0. The van der Waals surface area contributed by atoms with E-state index in [4.69, 9.17) is 58.7 Å². The van der Waals surface area contributed by atoms with Crippen LogP contribution in [0.25, 0.3) is 31.5 Å².